The number of ether oxygens (including phenoxy) is 2. The summed E-state index contributed by atoms with van der Waals surface area (Å²) in [5.74, 6) is 0.530. The molecular weight excluding hydrogens is 400 g/mol. The van der Waals surface area contributed by atoms with Gasteiger partial charge in [-0.2, -0.15) is 0 Å². The number of benzene rings is 2. The highest BCUT2D eigenvalue weighted by Gasteiger charge is 2.21. The van der Waals surface area contributed by atoms with E-state index in [-0.39, 0.29) is 24.9 Å². The van der Waals surface area contributed by atoms with Gasteiger partial charge in [-0.05, 0) is 19.1 Å². The Balaban J connectivity index is 1.51. The molecular formula is C20H15ClN2O4S. The summed E-state index contributed by atoms with van der Waals surface area (Å²) in [5, 5.41) is 5.96. The summed E-state index contributed by atoms with van der Waals surface area (Å²) in [4.78, 5) is 28.9. The number of nitrogens with one attached hydrogen (secondary N) is 1. The van der Waals surface area contributed by atoms with E-state index in [0.717, 1.165) is 10.6 Å². The highest BCUT2D eigenvalue weighted by atomic mass is 35.5. The van der Waals surface area contributed by atoms with Crippen molar-refractivity contribution in [3.05, 3.63) is 58.1 Å². The average molecular weight is 415 g/mol. The molecule has 0 saturated heterocycles. The molecule has 1 N–H and O–H groups in total. The molecule has 0 bridgehead atoms. The lowest BCUT2D eigenvalue weighted by atomic mass is 10.1. The third kappa shape index (κ3) is 3.72. The number of halogens is 1. The minimum absolute atomic E-state index is 0.0761. The first kappa shape index (κ1) is 18.5. The fourth-order valence-electron chi connectivity index (χ4n) is 2.84. The van der Waals surface area contributed by atoms with Gasteiger partial charge in [0.25, 0.3) is 0 Å². The van der Waals surface area contributed by atoms with Crippen LogP contribution < -0.4 is 14.8 Å². The largest absolute Gasteiger partial charge is 0.454 e. The first-order valence-electron chi connectivity index (χ1n) is 8.45. The monoisotopic (exact) mass is 414 g/mol. The van der Waals surface area contributed by atoms with Gasteiger partial charge in [0.1, 0.15) is 5.01 Å². The van der Waals surface area contributed by atoms with Crippen molar-refractivity contribution in [2.45, 2.75) is 13.3 Å². The van der Waals surface area contributed by atoms with Crippen LogP contribution in [0.1, 0.15) is 23.0 Å². The molecule has 0 fully saturated rings. The lowest BCUT2D eigenvalue weighted by molar-refractivity contribution is -0.115. The molecule has 1 amide bonds. The maximum absolute atomic E-state index is 12.5. The van der Waals surface area contributed by atoms with Gasteiger partial charge in [-0.25, -0.2) is 4.98 Å². The number of nitrogens with zero attached hydrogens (tertiary/aromatic N) is 1. The van der Waals surface area contributed by atoms with Crippen LogP contribution in [0.3, 0.4) is 0 Å². The molecule has 1 aliphatic heterocycles. The van der Waals surface area contributed by atoms with E-state index in [0.29, 0.717) is 33.5 Å². The first-order valence-corrected chi connectivity index (χ1v) is 9.71. The molecule has 3 aromatic rings. The summed E-state index contributed by atoms with van der Waals surface area (Å²) < 4.78 is 10.6. The number of anilines is 1. The van der Waals surface area contributed by atoms with Crippen LogP contribution in [0, 0.1) is 0 Å². The van der Waals surface area contributed by atoms with Crippen molar-refractivity contribution in [1.82, 2.24) is 4.98 Å². The van der Waals surface area contributed by atoms with Crippen LogP contribution in [0.2, 0.25) is 5.02 Å². The molecule has 0 aliphatic carbocycles. The van der Waals surface area contributed by atoms with Gasteiger partial charge in [-0.1, -0.05) is 29.8 Å². The lowest BCUT2D eigenvalue weighted by Gasteiger charge is -2.10. The SMILES string of the molecule is CC(=O)c1cc2c(cc1NC(=O)Cc1csc(-c3ccccc3Cl)n1)OCO2. The molecule has 0 spiro atoms. The molecule has 0 saturated carbocycles. The van der Waals surface area contributed by atoms with E-state index < -0.39 is 0 Å². The Labute approximate surface area is 170 Å². The van der Waals surface area contributed by atoms with Gasteiger partial charge in [-0.3, -0.25) is 9.59 Å². The molecule has 4 rings (SSSR count). The third-order valence-corrected chi connectivity index (χ3v) is 5.42. The van der Waals surface area contributed by atoms with Crippen LogP contribution in [-0.2, 0) is 11.2 Å². The second-order valence-corrected chi connectivity index (χ2v) is 7.42. The maximum Gasteiger partial charge on any atom is 0.231 e. The second kappa shape index (κ2) is 7.61. The Morgan fingerprint density at radius 1 is 1.21 bits per heavy atom. The zero-order valence-corrected chi connectivity index (χ0v) is 16.4. The number of ketones is 1. The number of aromatic nitrogens is 1. The molecule has 28 heavy (non-hydrogen) atoms. The molecule has 0 unspecified atom stereocenters. The summed E-state index contributed by atoms with van der Waals surface area (Å²) in [7, 11) is 0. The number of carbonyl (C=O) groups excluding carboxylic acids is 2. The normalized spacial score (nSPS) is 12.1. The highest BCUT2D eigenvalue weighted by Crippen LogP contribution is 2.37. The molecule has 1 aromatic heterocycles. The number of Topliss-reactive ketones (excluding diaryl/α,β-unsaturated/α-hetero) is 1. The van der Waals surface area contributed by atoms with Crippen LogP contribution >= 0.6 is 22.9 Å². The molecule has 2 heterocycles. The van der Waals surface area contributed by atoms with Crippen molar-refractivity contribution in [2.24, 2.45) is 0 Å². The summed E-state index contributed by atoms with van der Waals surface area (Å²) in [6.07, 6.45) is 0.0761. The van der Waals surface area contributed by atoms with E-state index in [9.17, 15) is 9.59 Å². The highest BCUT2D eigenvalue weighted by molar-refractivity contribution is 7.13. The number of carbonyl (C=O) groups is 2. The minimum atomic E-state index is -0.280. The number of amides is 1. The molecule has 0 atom stereocenters. The third-order valence-electron chi connectivity index (χ3n) is 4.16. The van der Waals surface area contributed by atoms with Crippen LogP contribution in [0.15, 0.2) is 41.8 Å². The molecule has 8 heteroatoms. The second-order valence-electron chi connectivity index (χ2n) is 6.16. The lowest BCUT2D eigenvalue weighted by Crippen LogP contribution is -2.16. The summed E-state index contributed by atoms with van der Waals surface area (Å²) in [5.41, 5.74) is 2.22. The van der Waals surface area contributed by atoms with Crippen molar-refractivity contribution in [3.63, 3.8) is 0 Å². The van der Waals surface area contributed by atoms with E-state index >= 15 is 0 Å². The van der Waals surface area contributed by atoms with Gasteiger partial charge in [0, 0.05) is 22.6 Å². The van der Waals surface area contributed by atoms with Crippen LogP contribution in [0.25, 0.3) is 10.6 Å². The predicted octanol–water partition coefficient (Wildman–Crippen LogP) is 4.58. The molecule has 2 aromatic carbocycles. The first-order chi connectivity index (χ1) is 13.5. The number of hydrogen-bond donors (Lipinski definition) is 1. The Morgan fingerprint density at radius 3 is 2.71 bits per heavy atom. The Morgan fingerprint density at radius 2 is 1.96 bits per heavy atom. The summed E-state index contributed by atoms with van der Waals surface area (Å²) >= 11 is 7.63. The molecule has 142 valence electrons. The standard InChI is InChI=1S/C20H15ClN2O4S/c1-11(24)14-7-17-18(27-10-26-17)8-16(14)23-19(25)6-12-9-28-20(22-12)13-4-2-3-5-15(13)21/h2-5,7-9H,6,10H2,1H3,(H,23,25). The van der Waals surface area contributed by atoms with Crippen molar-refractivity contribution >= 4 is 40.3 Å². The average Bonchev–Trinajstić information content (AvgIpc) is 3.30. The zero-order valence-electron chi connectivity index (χ0n) is 14.8. The minimum Gasteiger partial charge on any atom is -0.454 e. The number of fused-ring (bicyclic) bond motifs is 1. The van der Waals surface area contributed by atoms with Crippen molar-refractivity contribution in [1.29, 1.82) is 0 Å². The van der Waals surface area contributed by atoms with Gasteiger partial charge in [0.15, 0.2) is 17.3 Å². The van der Waals surface area contributed by atoms with Crippen LogP contribution in [0.5, 0.6) is 11.5 Å². The van der Waals surface area contributed by atoms with Crippen molar-refractivity contribution < 1.29 is 19.1 Å². The van der Waals surface area contributed by atoms with E-state index in [1.165, 1.54) is 18.3 Å². The van der Waals surface area contributed by atoms with E-state index in [1.54, 1.807) is 18.2 Å². The number of thiazole rings is 1. The van der Waals surface area contributed by atoms with Crippen LogP contribution in [-0.4, -0.2) is 23.5 Å². The molecule has 6 nitrogen and oxygen atoms in total. The van der Waals surface area contributed by atoms with Crippen LogP contribution in [0.4, 0.5) is 5.69 Å². The fourth-order valence-corrected chi connectivity index (χ4v) is 3.98. The van der Waals surface area contributed by atoms with E-state index in [4.69, 9.17) is 21.1 Å². The topological polar surface area (TPSA) is 77.5 Å². The smallest absolute Gasteiger partial charge is 0.231 e. The van der Waals surface area contributed by atoms with Gasteiger partial charge in [0.2, 0.25) is 12.7 Å². The van der Waals surface area contributed by atoms with Gasteiger partial charge in [-0.15, -0.1) is 11.3 Å². The Kier molecular flexibility index (Phi) is 5.02. The van der Waals surface area contributed by atoms with E-state index in [2.05, 4.69) is 10.3 Å². The Bertz CT molecular complexity index is 1080. The van der Waals surface area contributed by atoms with Gasteiger partial charge in [0.05, 0.1) is 22.8 Å². The Hall–Kier alpha value is -2.90. The van der Waals surface area contributed by atoms with Gasteiger partial charge >= 0.3 is 0 Å². The number of hydrogen-bond acceptors (Lipinski definition) is 6. The zero-order chi connectivity index (χ0) is 19.7. The summed E-state index contributed by atoms with van der Waals surface area (Å²) in [6.45, 7) is 1.53. The maximum atomic E-state index is 12.5. The quantitative estimate of drug-likeness (QED) is 0.618. The van der Waals surface area contributed by atoms with Crippen molar-refractivity contribution in [3.8, 4) is 22.1 Å². The predicted molar refractivity (Wildman–Crippen MR) is 107 cm³/mol. The fraction of sp³-hybridized carbons (Fsp3) is 0.150. The molecule has 1 aliphatic rings. The van der Waals surface area contributed by atoms with E-state index in [1.807, 2.05) is 23.6 Å². The van der Waals surface area contributed by atoms with Gasteiger partial charge < -0.3 is 14.8 Å². The summed E-state index contributed by atoms with van der Waals surface area (Å²) in [6, 6.07) is 10.6. The molecule has 0 radical (unpaired) electrons. The number of rotatable bonds is 5. The van der Waals surface area contributed by atoms with Crippen molar-refractivity contribution in [2.75, 3.05) is 12.1 Å².